The molecule has 0 unspecified atom stereocenters. The lowest BCUT2D eigenvalue weighted by atomic mass is 10.3. The SMILES string of the molecule is Ic1cnc(NCCCc2ncc[nH]2)nc1. The van der Waals surface area contributed by atoms with Crippen LogP contribution >= 0.6 is 22.6 Å². The van der Waals surface area contributed by atoms with Crippen LogP contribution in [0, 0.1) is 3.57 Å². The molecule has 2 aromatic heterocycles. The van der Waals surface area contributed by atoms with Gasteiger partial charge >= 0.3 is 0 Å². The molecule has 2 N–H and O–H groups in total. The highest BCUT2D eigenvalue weighted by Crippen LogP contribution is 2.03. The fourth-order valence-electron chi connectivity index (χ4n) is 1.29. The molecule has 6 heteroatoms. The molecule has 0 saturated carbocycles. The number of nitrogens with zero attached hydrogens (tertiary/aromatic N) is 3. The second kappa shape index (κ2) is 5.78. The average Bonchev–Trinajstić information content (AvgIpc) is 2.80. The van der Waals surface area contributed by atoms with E-state index in [2.05, 4.69) is 47.8 Å². The van der Waals surface area contributed by atoms with Crippen molar-refractivity contribution in [3.05, 3.63) is 34.2 Å². The zero-order chi connectivity index (χ0) is 11.2. The van der Waals surface area contributed by atoms with Gasteiger partial charge in [-0.2, -0.15) is 0 Å². The van der Waals surface area contributed by atoms with Crippen LogP contribution < -0.4 is 5.32 Å². The highest BCUT2D eigenvalue weighted by Gasteiger charge is 1.97. The van der Waals surface area contributed by atoms with Crippen molar-refractivity contribution >= 4 is 28.5 Å². The van der Waals surface area contributed by atoms with Crippen LogP contribution in [0.3, 0.4) is 0 Å². The lowest BCUT2D eigenvalue weighted by Crippen LogP contribution is -2.06. The minimum Gasteiger partial charge on any atom is -0.354 e. The van der Waals surface area contributed by atoms with Crippen molar-refractivity contribution in [2.75, 3.05) is 11.9 Å². The highest BCUT2D eigenvalue weighted by molar-refractivity contribution is 14.1. The van der Waals surface area contributed by atoms with E-state index in [4.69, 9.17) is 0 Å². The number of aromatic amines is 1. The Hall–Kier alpha value is -1.18. The molecule has 5 nitrogen and oxygen atoms in total. The number of imidazole rings is 1. The molecule has 0 amide bonds. The minimum atomic E-state index is 0.680. The Morgan fingerprint density at radius 3 is 2.75 bits per heavy atom. The molecule has 0 spiro atoms. The summed E-state index contributed by atoms with van der Waals surface area (Å²) in [5.41, 5.74) is 0. The molecule has 0 fully saturated rings. The van der Waals surface area contributed by atoms with Crippen molar-refractivity contribution in [1.82, 2.24) is 19.9 Å². The van der Waals surface area contributed by atoms with Crippen LogP contribution in [0.2, 0.25) is 0 Å². The first-order valence-corrected chi connectivity index (χ1v) is 6.12. The van der Waals surface area contributed by atoms with Crippen LogP contribution in [0.15, 0.2) is 24.8 Å². The molecule has 16 heavy (non-hydrogen) atoms. The Kier molecular flexibility index (Phi) is 4.09. The molecule has 0 atom stereocenters. The topological polar surface area (TPSA) is 66.5 Å². The van der Waals surface area contributed by atoms with E-state index in [-0.39, 0.29) is 0 Å². The zero-order valence-corrected chi connectivity index (χ0v) is 10.8. The predicted molar refractivity (Wildman–Crippen MR) is 70.1 cm³/mol. The Morgan fingerprint density at radius 1 is 1.25 bits per heavy atom. The molecule has 0 saturated heterocycles. The molecule has 0 radical (unpaired) electrons. The molecule has 2 rings (SSSR count). The maximum absolute atomic E-state index is 4.16. The maximum atomic E-state index is 4.16. The van der Waals surface area contributed by atoms with E-state index < -0.39 is 0 Å². The van der Waals surface area contributed by atoms with Gasteiger partial charge in [0.2, 0.25) is 5.95 Å². The lowest BCUT2D eigenvalue weighted by Gasteiger charge is -2.03. The van der Waals surface area contributed by atoms with Crippen LogP contribution in [0.25, 0.3) is 0 Å². The monoisotopic (exact) mass is 329 g/mol. The number of rotatable bonds is 5. The van der Waals surface area contributed by atoms with Gasteiger partial charge in [0.05, 0.1) is 0 Å². The summed E-state index contributed by atoms with van der Waals surface area (Å²) in [6, 6.07) is 0. The molecule has 2 aromatic rings. The van der Waals surface area contributed by atoms with Crippen molar-refractivity contribution in [2.24, 2.45) is 0 Å². The number of hydrogen-bond donors (Lipinski definition) is 2. The second-order valence-corrected chi connectivity index (χ2v) is 4.54. The fourth-order valence-corrected chi connectivity index (χ4v) is 1.57. The van der Waals surface area contributed by atoms with Gasteiger partial charge in [-0.05, 0) is 29.0 Å². The predicted octanol–water partition coefficient (Wildman–Crippen LogP) is 1.85. The van der Waals surface area contributed by atoms with E-state index in [1.165, 1.54) is 0 Å². The van der Waals surface area contributed by atoms with Crippen LogP contribution in [0.4, 0.5) is 5.95 Å². The van der Waals surface area contributed by atoms with Gasteiger partial charge in [0, 0.05) is 41.3 Å². The average molecular weight is 329 g/mol. The molecule has 0 aliphatic rings. The van der Waals surface area contributed by atoms with E-state index in [1.807, 2.05) is 6.20 Å². The summed E-state index contributed by atoms with van der Waals surface area (Å²) in [5.74, 6) is 1.70. The van der Waals surface area contributed by atoms with E-state index in [0.717, 1.165) is 28.8 Å². The Bertz CT molecular complexity index is 411. The molecule has 0 bridgehead atoms. The Morgan fingerprint density at radius 2 is 2.06 bits per heavy atom. The second-order valence-electron chi connectivity index (χ2n) is 3.29. The Labute approximate surface area is 107 Å². The van der Waals surface area contributed by atoms with Crippen LogP contribution in [0.5, 0.6) is 0 Å². The lowest BCUT2D eigenvalue weighted by molar-refractivity contribution is 0.810. The zero-order valence-electron chi connectivity index (χ0n) is 8.65. The number of anilines is 1. The first-order valence-electron chi connectivity index (χ1n) is 5.04. The molecular formula is C10H12IN5. The normalized spacial score (nSPS) is 10.3. The summed E-state index contributed by atoms with van der Waals surface area (Å²) in [6.07, 6.45) is 9.13. The summed E-state index contributed by atoms with van der Waals surface area (Å²) >= 11 is 2.18. The molecule has 2 heterocycles. The number of aromatic nitrogens is 4. The first-order chi connectivity index (χ1) is 7.84. The minimum absolute atomic E-state index is 0.680. The van der Waals surface area contributed by atoms with Gasteiger partial charge in [0.25, 0.3) is 0 Å². The molecule has 0 aliphatic carbocycles. The number of nitrogens with one attached hydrogen (secondary N) is 2. The molecule has 0 aromatic carbocycles. The first kappa shape index (κ1) is 11.3. The van der Waals surface area contributed by atoms with Crippen LogP contribution in [-0.2, 0) is 6.42 Å². The number of H-pyrrole nitrogens is 1. The number of hydrogen-bond acceptors (Lipinski definition) is 4. The summed E-state index contributed by atoms with van der Waals surface area (Å²) in [4.78, 5) is 15.5. The molecule has 0 aliphatic heterocycles. The number of aryl methyl sites for hydroxylation is 1. The van der Waals surface area contributed by atoms with E-state index in [9.17, 15) is 0 Å². The smallest absolute Gasteiger partial charge is 0.222 e. The van der Waals surface area contributed by atoms with Crippen molar-refractivity contribution < 1.29 is 0 Å². The van der Waals surface area contributed by atoms with E-state index in [1.54, 1.807) is 18.6 Å². The van der Waals surface area contributed by atoms with E-state index in [0.29, 0.717) is 5.95 Å². The van der Waals surface area contributed by atoms with Gasteiger partial charge in [-0.1, -0.05) is 0 Å². The van der Waals surface area contributed by atoms with Gasteiger partial charge in [0.15, 0.2) is 0 Å². The van der Waals surface area contributed by atoms with Crippen molar-refractivity contribution in [1.29, 1.82) is 0 Å². The molecule has 84 valence electrons. The van der Waals surface area contributed by atoms with Gasteiger partial charge < -0.3 is 10.3 Å². The summed E-state index contributed by atoms with van der Waals surface area (Å²) in [5, 5.41) is 3.17. The molecular weight excluding hydrogens is 317 g/mol. The van der Waals surface area contributed by atoms with Gasteiger partial charge in [-0.3, -0.25) is 0 Å². The van der Waals surface area contributed by atoms with Gasteiger partial charge in [-0.25, -0.2) is 15.0 Å². The third-order valence-corrected chi connectivity index (χ3v) is 2.61. The van der Waals surface area contributed by atoms with E-state index >= 15 is 0 Å². The Balaban J connectivity index is 1.70. The van der Waals surface area contributed by atoms with Crippen LogP contribution in [-0.4, -0.2) is 26.5 Å². The fraction of sp³-hybridized carbons (Fsp3) is 0.300. The van der Waals surface area contributed by atoms with Gasteiger partial charge in [-0.15, -0.1) is 0 Å². The summed E-state index contributed by atoms with van der Waals surface area (Å²) in [6.45, 7) is 0.849. The number of halogens is 1. The van der Waals surface area contributed by atoms with Crippen molar-refractivity contribution in [3.8, 4) is 0 Å². The van der Waals surface area contributed by atoms with Gasteiger partial charge in [0.1, 0.15) is 5.82 Å². The quantitative estimate of drug-likeness (QED) is 0.649. The van der Waals surface area contributed by atoms with Crippen LogP contribution in [0.1, 0.15) is 12.2 Å². The highest BCUT2D eigenvalue weighted by atomic mass is 127. The third-order valence-electron chi connectivity index (χ3n) is 2.05. The maximum Gasteiger partial charge on any atom is 0.222 e. The van der Waals surface area contributed by atoms with Crippen molar-refractivity contribution in [2.45, 2.75) is 12.8 Å². The van der Waals surface area contributed by atoms with Crippen molar-refractivity contribution in [3.63, 3.8) is 0 Å². The summed E-state index contributed by atoms with van der Waals surface area (Å²) < 4.78 is 1.04. The summed E-state index contributed by atoms with van der Waals surface area (Å²) in [7, 11) is 0. The third kappa shape index (κ3) is 3.44. The largest absolute Gasteiger partial charge is 0.354 e. The standard InChI is InChI=1S/C10H12IN5/c11-8-6-15-10(16-7-8)14-3-1-2-9-12-4-5-13-9/h4-7H,1-3H2,(H,12,13)(H,14,15,16).